The van der Waals surface area contributed by atoms with E-state index in [1.54, 1.807) is 0 Å². The summed E-state index contributed by atoms with van der Waals surface area (Å²) in [5.41, 5.74) is -3.52. The van der Waals surface area contributed by atoms with Crippen molar-refractivity contribution in [2.45, 2.75) is 96.9 Å². The summed E-state index contributed by atoms with van der Waals surface area (Å²) in [6.07, 6.45) is 1.20. The summed E-state index contributed by atoms with van der Waals surface area (Å²) in [6, 6.07) is 3.38. The Labute approximate surface area is 293 Å². The van der Waals surface area contributed by atoms with Gasteiger partial charge in [-0.15, -0.1) is 0 Å². The molecular weight excluding hydrogens is 657 g/mol. The van der Waals surface area contributed by atoms with Crippen LogP contribution in [-0.4, -0.2) is 93.2 Å². The molecule has 4 amide bonds. The fraction of sp³-hybridized carbons (Fsp3) is 0.722. The molecule has 1 aromatic rings. The van der Waals surface area contributed by atoms with Gasteiger partial charge in [0.1, 0.15) is 5.54 Å². The number of hydrogen-bond donors (Lipinski definition) is 1. The zero-order chi connectivity index (χ0) is 37.0. The summed E-state index contributed by atoms with van der Waals surface area (Å²) in [4.78, 5) is 40.5. The summed E-state index contributed by atoms with van der Waals surface area (Å²) in [7, 11) is 0. The maximum atomic E-state index is 13.5. The quantitative estimate of drug-likeness (QED) is 0.104. The molecule has 1 aliphatic heterocycles. The second-order valence-corrected chi connectivity index (χ2v) is 13.8. The minimum absolute atomic E-state index is 0.0343. The number of carbonyl (C=O) groups is 3. The summed E-state index contributed by atoms with van der Waals surface area (Å²) in [5.74, 6) is 0.378. The fourth-order valence-corrected chi connectivity index (χ4v) is 6.68. The van der Waals surface area contributed by atoms with Crippen molar-refractivity contribution in [3.05, 3.63) is 29.3 Å². The number of nitrogens with one attached hydrogen (secondary N) is 1. The summed E-state index contributed by atoms with van der Waals surface area (Å²) >= 11 is 0. The van der Waals surface area contributed by atoms with E-state index in [1.165, 1.54) is 37.7 Å². The molecule has 3 rings (SSSR count). The maximum absolute atomic E-state index is 13.5. The van der Waals surface area contributed by atoms with Crippen molar-refractivity contribution in [3.63, 3.8) is 0 Å². The zero-order valence-corrected chi connectivity index (χ0v) is 30.0. The Morgan fingerprint density at radius 3 is 2.12 bits per heavy atom. The van der Waals surface area contributed by atoms with E-state index in [9.17, 15) is 27.6 Å². The van der Waals surface area contributed by atoms with Crippen molar-refractivity contribution in [2.24, 2.45) is 11.8 Å². The van der Waals surface area contributed by atoms with Gasteiger partial charge in [-0.2, -0.15) is 18.4 Å². The molecular formula is C36H53F3N4O7. The van der Waals surface area contributed by atoms with Gasteiger partial charge in [-0.1, -0.05) is 33.6 Å². The van der Waals surface area contributed by atoms with Gasteiger partial charge in [0.25, 0.3) is 5.91 Å². The van der Waals surface area contributed by atoms with Gasteiger partial charge in [0, 0.05) is 19.5 Å². The second-order valence-electron chi connectivity index (χ2n) is 13.8. The molecule has 1 aromatic carbocycles. The zero-order valence-electron chi connectivity index (χ0n) is 30.0. The first kappa shape index (κ1) is 41.2. The molecule has 2 unspecified atom stereocenters. The number of nitriles is 1. The van der Waals surface area contributed by atoms with Crippen molar-refractivity contribution in [2.75, 3.05) is 64.2 Å². The lowest BCUT2D eigenvalue weighted by atomic mass is 9.85. The first-order valence-electron chi connectivity index (χ1n) is 17.6. The number of rotatable bonds is 19. The van der Waals surface area contributed by atoms with Crippen LogP contribution in [0.3, 0.4) is 0 Å². The van der Waals surface area contributed by atoms with Gasteiger partial charge >= 0.3 is 12.2 Å². The van der Waals surface area contributed by atoms with Gasteiger partial charge in [-0.05, 0) is 69.6 Å². The Hall–Kier alpha value is -3.25. The van der Waals surface area contributed by atoms with Gasteiger partial charge in [0.05, 0.1) is 74.7 Å². The third-order valence-electron chi connectivity index (χ3n) is 9.48. The molecule has 0 spiro atoms. The second kappa shape index (κ2) is 18.8. The third kappa shape index (κ3) is 11.4. The first-order valence-corrected chi connectivity index (χ1v) is 17.6. The van der Waals surface area contributed by atoms with Crippen LogP contribution in [0.25, 0.3) is 0 Å². The highest BCUT2D eigenvalue weighted by molar-refractivity contribution is 6.23. The van der Waals surface area contributed by atoms with Crippen LogP contribution in [0.5, 0.6) is 0 Å². The largest absolute Gasteiger partial charge is 0.417 e. The highest BCUT2D eigenvalue weighted by Crippen LogP contribution is 2.39. The first-order chi connectivity index (χ1) is 23.6. The van der Waals surface area contributed by atoms with Gasteiger partial charge in [-0.25, -0.2) is 9.69 Å². The number of halogens is 3. The van der Waals surface area contributed by atoms with Crippen LogP contribution in [-0.2, 0) is 34.7 Å². The van der Waals surface area contributed by atoms with E-state index < -0.39 is 34.8 Å². The minimum atomic E-state index is -4.84. The molecule has 2 aliphatic rings. The number of alkyl halides is 3. The van der Waals surface area contributed by atoms with Gasteiger partial charge in [0.2, 0.25) is 5.91 Å². The predicted molar refractivity (Wildman–Crippen MR) is 180 cm³/mol. The molecule has 2 atom stereocenters. The number of carbonyl (C=O) groups excluding carboxylic acids is 3. The molecule has 0 bridgehead atoms. The van der Waals surface area contributed by atoms with E-state index in [1.807, 2.05) is 0 Å². The number of benzene rings is 1. The number of ether oxygens (including phenoxy) is 4. The Kier molecular flexibility index (Phi) is 15.5. The molecule has 11 nitrogen and oxygen atoms in total. The van der Waals surface area contributed by atoms with Crippen molar-refractivity contribution in [3.8, 4) is 6.07 Å². The molecule has 2 fully saturated rings. The van der Waals surface area contributed by atoms with Gasteiger partial charge < -0.3 is 29.2 Å². The third-order valence-corrected chi connectivity index (χ3v) is 9.48. The van der Waals surface area contributed by atoms with Crippen molar-refractivity contribution in [1.29, 1.82) is 5.26 Å². The van der Waals surface area contributed by atoms with Crippen LogP contribution in [0.15, 0.2) is 18.2 Å². The van der Waals surface area contributed by atoms with Crippen LogP contribution in [0, 0.1) is 23.2 Å². The van der Waals surface area contributed by atoms with E-state index >= 15 is 0 Å². The molecule has 50 heavy (non-hydrogen) atoms. The van der Waals surface area contributed by atoms with Crippen LogP contribution in [0.2, 0.25) is 0 Å². The molecule has 1 saturated carbocycles. The molecule has 0 aromatic heterocycles. The predicted octanol–water partition coefficient (Wildman–Crippen LogP) is 6.08. The maximum Gasteiger partial charge on any atom is 0.417 e. The topological polar surface area (TPSA) is 130 Å². The van der Waals surface area contributed by atoms with E-state index in [-0.39, 0.29) is 49.7 Å². The Balaban J connectivity index is 1.25. The number of amides is 4. The van der Waals surface area contributed by atoms with Crippen LogP contribution in [0.1, 0.15) is 90.7 Å². The standard InChI is InChI=1S/C36H53F3N4O7/c1-6-35(23-26(2)9-10-27(3)24-35)50-21-20-49-19-18-48-17-16-47-15-13-41-31(44)8-7-14-42-33(46)43(32(45)34(42,4)5)29-12-11-28(25-40)30(22-29)36(37,38)39/h11-12,22,26-27H,6-10,13-21,23-24H2,1-5H3,(H,41,44). The summed E-state index contributed by atoms with van der Waals surface area (Å²) in [6.45, 7) is 13.2. The smallest absolute Gasteiger partial charge is 0.377 e. The molecule has 1 aliphatic carbocycles. The number of hydrogen-bond acceptors (Lipinski definition) is 8. The number of anilines is 1. The van der Waals surface area contributed by atoms with Crippen molar-refractivity contribution >= 4 is 23.5 Å². The van der Waals surface area contributed by atoms with Crippen molar-refractivity contribution in [1.82, 2.24) is 10.2 Å². The molecule has 14 heteroatoms. The molecule has 280 valence electrons. The van der Waals surface area contributed by atoms with Gasteiger partial charge in [0.15, 0.2) is 0 Å². The van der Waals surface area contributed by atoms with Crippen LogP contribution in [0.4, 0.5) is 23.7 Å². The van der Waals surface area contributed by atoms with E-state index in [4.69, 9.17) is 24.2 Å². The van der Waals surface area contributed by atoms with E-state index in [2.05, 4.69) is 26.1 Å². The monoisotopic (exact) mass is 710 g/mol. The number of imide groups is 1. The lowest BCUT2D eigenvalue weighted by molar-refractivity contribution is -0.137. The number of nitrogens with zero attached hydrogens (tertiary/aromatic N) is 3. The summed E-state index contributed by atoms with van der Waals surface area (Å²) in [5, 5.41) is 11.8. The minimum Gasteiger partial charge on any atom is -0.377 e. The summed E-state index contributed by atoms with van der Waals surface area (Å²) < 4.78 is 63.5. The van der Waals surface area contributed by atoms with Crippen LogP contribution < -0.4 is 10.2 Å². The molecule has 1 N–H and O–H groups in total. The number of urea groups is 1. The SMILES string of the molecule is CCC1(OCCOCCOCCOCCNC(=O)CCCN2C(=O)N(c3ccc(C#N)c(C(F)(F)F)c3)C(=O)C2(C)C)CC(C)CCC(C)C1. The van der Waals surface area contributed by atoms with Crippen molar-refractivity contribution < 1.29 is 46.5 Å². The Morgan fingerprint density at radius 1 is 0.980 bits per heavy atom. The Morgan fingerprint density at radius 2 is 1.56 bits per heavy atom. The average molecular weight is 711 g/mol. The van der Waals surface area contributed by atoms with E-state index in [0.717, 1.165) is 31.4 Å². The fourth-order valence-electron chi connectivity index (χ4n) is 6.68. The molecule has 0 radical (unpaired) electrons. The Bertz CT molecular complexity index is 1320. The lowest BCUT2D eigenvalue weighted by Crippen LogP contribution is -2.44. The highest BCUT2D eigenvalue weighted by atomic mass is 19.4. The van der Waals surface area contributed by atoms with E-state index in [0.29, 0.717) is 62.4 Å². The normalized spacial score (nSPS) is 22.5. The highest BCUT2D eigenvalue weighted by Gasteiger charge is 2.52. The average Bonchev–Trinajstić information content (AvgIpc) is 3.14. The molecule has 1 saturated heterocycles. The van der Waals surface area contributed by atoms with Crippen LogP contribution >= 0.6 is 0 Å². The van der Waals surface area contributed by atoms with Gasteiger partial charge in [-0.3, -0.25) is 9.59 Å². The molecule has 1 heterocycles. The lowest BCUT2D eigenvalue weighted by Gasteiger charge is -2.35.